The molecule has 1 aliphatic heterocycles. The fraction of sp³-hybridized carbons (Fsp3) is 0.538. The molecule has 1 saturated heterocycles. The van der Waals surface area contributed by atoms with Crippen molar-refractivity contribution in [3.8, 4) is 6.07 Å². The van der Waals surface area contributed by atoms with Crippen LogP contribution in [0.3, 0.4) is 0 Å². The van der Waals surface area contributed by atoms with E-state index in [-0.39, 0.29) is 0 Å². The van der Waals surface area contributed by atoms with Gasteiger partial charge in [0.15, 0.2) is 0 Å². The van der Waals surface area contributed by atoms with Crippen molar-refractivity contribution >= 4 is 12.6 Å². The Morgan fingerprint density at radius 3 is 2.37 bits per heavy atom. The van der Waals surface area contributed by atoms with Gasteiger partial charge in [-0.3, -0.25) is 0 Å². The third-order valence-electron chi connectivity index (χ3n) is 3.82. The predicted octanol–water partition coefficient (Wildman–Crippen LogP) is 0.711. The number of nitrogens with zero attached hydrogens (tertiary/aromatic N) is 2. The van der Waals surface area contributed by atoms with E-state index in [2.05, 4.69) is 11.1 Å². The Kier molecular flexibility index (Phi) is 3.39. The number of nitrogens with two attached hydrogens (primary N) is 1. The minimum atomic E-state index is -0.585. The van der Waals surface area contributed by atoms with E-state index in [1.807, 2.05) is 33.8 Å². The molecule has 0 atom stereocenters. The highest BCUT2D eigenvalue weighted by Gasteiger charge is 2.52. The molecule has 100 valence electrons. The number of nitriles is 1. The van der Waals surface area contributed by atoms with Crippen molar-refractivity contribution in [3.63, 3.8) is 0 Å². The van der Waals surface area contributed by atoms with Crippen molar-refractivity contribution in [1.82, 2.24) is 4.98 Å². The van der Waals surface area contributed by atoms with E-state index in [9.17, 15) is 0 Å². The quantitative estimate of drug-likeness (QED) is 0.791. The van der Waals surface area contributed by atoms with E-state index < -0.39 is 18.3 Å². The van der Waals surface area contributed by atoms with Crippen molar-refractivity contribution in [2.75, 3.05) is 0 Å². The number of pyridine rings is 1. The molecule has 0 aromatic carbocycles. The van der Waals surface area contributed by atoms with Gasteiger partial charge in [-0.2, -0.15) is 5.26 Å². The van der Waals surface area contributed by atoms with E-state index in [1.54, 1.807) is 6.20 Å². The lowest BCUT2D eigenvalue weighted by Gasteiger charge is -2.32. The average molecular weight is 259 g/mol. The summed E-state index contributed by atoms with van der Waals surface area (Å²) in [5, 5.41) is 9.15. The Bertz CT molecular complexity index is 521. The van der Waals surface area contributed by atoms with Gasteiger partial charge in [-0.05, 0) is 33.3 Å². The van der Waals surface area contributed by atoms with Gasteiger partial charge < -0.3 is 15.0 Å². The molecule has 2 heterocycles. The summed E-state index contributed by atoms with van der Waals surface area (Å²) in [5.41, 5.74) is 6.54. The Hall–Kier alpha value is -1.42. The second-order valence-corrected chi connectivity index (χ2v) is 5.69. The van der Waals surface area contributed by atoms with Gasteiger partial charge in [-0.1, -0.05) is 6.07 Å². The summed E-state index contributed by atoms with van der Waals surface area (Å²) in [4.78, 5) is 4.11. The Balaban J connectivity index is 2.41. The van der Waals surface area contributed by atoms with Crippen LogP contribution in [0.1, 0.15) is 39.0 Å². The van der Waals surface area contributed by atoms with E-state index in [1.165, 1.54) is 0 Å². The highest BCUT2D eigenvalue weighted by molar-refractivity contribution is 6.62. The van der Waals surface area contributed by atoms with Crippen LogP contribution in [-0.2, 0) is 15.9 Å². The lowest BCUT2D eigenvalue weighted by molar-refractivity contribution is 0.00578. The first-order valence-corrected chi connectivity index (χ1v) is 6.25. The van der Waals surface area contributed by atoms with Crippen LogP contribution in [0, 0.1) is 11.3 Å². The van der Waals surface area contributed by atoms with Crippen LogP contribution < -0.4 is 11.2 Å². The van der Waals surface area contributed by atoms with Gasteiger partial charge in [0.05, 0.1) is 11.2 Å². The van der Waals surface area contributed by atoms with Crippen LogP contribution >= 0.6 is 0 Å². The molecular formula is C13H18BN3O2. The van der Waals surface area contributed by atoms with Gasteiger partial charge in [0.25, 0.3) is 0 Å². The second-order valence-electron chi connectivity index (χ2n) is 5.69. The minimum absolute atomic E-state index is 0.315. The molecule has 1 fully saturated rings. The van der Waals surface area contributed by atoms with E-state index in [0.717, 1.165) is 5.56 Å². The van der Waals surface area contributed by atoms with Gasteiger partial charge in [0.2, 0.25) is 0 Å². The molecule has 0 radical (unpaired) electrons. The Morgan fingerprint density at radius 2 is 1.89 bits per heavy atom. The highest BCUT2D eigenvalue weighted by atomic mass is 16.7. The maximum atomic E-state index is 9.15. The molecule has 1 aromatic heterocycles. The third-order valence-corrected chi connectivity index (χ3v) is 3.82. The van der Waals surface area contributed by atoms with Crippen LogP contribution in [0.25, 0.3) is 0 Å². The number of hydrogen-bond acceptors (Lipinski definition) is 5. The van der Waals surface area contributed by atoms with Gasteiger partial charge in [0, 0.05) is 18.2 Å². The zero-order chi connectivity index (χ0) is 14.3. The first-order chi connectivity index (χ1) is 8.80. The van der Waals surface area contributed by atoms with E-state index >= 15 is 0 Å². The smallest absolute Gasteiger partial charge is 0.399 e. The molecule has 2 rings (SSSR count). The van der Waals surface area contributed by atoms with Crippen molar-refractivity contribution in [2.24, 2.45) is 5.73 Å². The summed E-state index contributed by atoms with van der Waals surface area (Å²) >= 11 is 0. The lowest BCUT2D eigenvalue weighted by atomic mass is 9.77. The fourth-order valence-corrected chi connectivity index (χ4v) is 1.88. The molecule has 19 heavy (non-hydrogen) atoms. The average Bonchev–Trinajstić information content (AvgIpc) is 2.57. The molecule has 2 N–H and O–H groups in total. The highest BCUT2D eigenvalue weighted by Crippen LogP contribution is 2.36. The predicted molar refractivity (Wildman–Crippen MR) is 72.6 cm³/mol. The molecular weight excluding hydrogens is 241 g/mol. The fourth-order valence-electron chi connectivity index (χ4n) is 1.88. The maximum absolute atomic E-state index is 9.15. The molecule has 1 aliphatic rings. The summed E-state index contributed by atoms with van der Waals surface area (Å²) in [7, 11) is -0.585. The van der Waals surface area contributed by atoms with Crippen molar-refractivity contribution in [2.45, 2.75) is 45.4 Å². The molecule has 1 aromatic rings. The molecule has 0 bridgehead atoms. The Morgan fingerprint density at radius 1 is 1.32 bits per heavy atom. The van der Waals surface area contributed by atoms with Gasteiger partial charge in [-0.25, -0.2) is 4.98 Å². The monoisotopic (exact) mass is 259 g/mol. The molecule has 6 heteroatoms. The second kappa shape index (κ2) is 4.60. The molecule has 0 saturated carbocycles. The van der Waals surface area contributed by atoms with Crippen LogP contribution in [0.5, 0.6) is 0 Å². The zero-order valence-corrected chi connectivity index (χ0v) is 11.7. The zero-order valence-electron chi connectivity index (χ0n) is 11.7. The minimum Gasteiger partial charge on any atom is -0.399 e. The summed E-state index contributed by atoms with van der Waals surface area (Å²) in [5.74, 6) is 0. The van der Waals surface area contributed by atoms with Crippen LogP contribution in [0.4, 0.5) is 0 Å². The number of aromatic nitrogens is 1. The SMILES string of the molecule is CC1(C)OB(c2cc(CN)cnc2C#N)OC1(C)C. The number of hydrogen-bond donors (Lipinski definition) is 1. The molecule has 0 spiro atoms. The normalized spacial score (nSPS) is 20.3. The van der Waals surface area contributed by atoms with Crippen molar-refractivity contribution in [3.05, 3.63) is 23.5 Å². The summed E-state index contributed by atoms with van der Waals surface area (Å²) in [6.45, 7) is 8.25. The van der Waals surface area contributed by atoms with Gasteiger partial charge in [0.1, 0.15) is 11.8 Å². The summed E-state index contributed by atoms with van der Waals surface area (Å²) in [6, 6.07) is 3.89. The first-order valence-electron chi connectivity index (χ1n) is 6.25. The lowest BCUT2D eigenvalue weighted by Crippen LogP contribution is -2.41. The standard InChI is InChI=1S/C13H18BN3O2/c1-12(2)13(3,4)19-14(18-12)10-5-9(6-15)8-17-11(10)7-16/h5,8H,6,15H2,1-4H3. The van der Waals surface area contributed by atoms with E-state index in [4.69, 9.17) is 20.3 Å². The van der Waals surface area contributed by atoms with Gasteiger partial charge >= 0.3 is 7.12 Å². The molecule has 0 amide bonds. The molecule has 0 aliphatic carbocycles. The van der Waals surface area contributed by atoms with Crippen LogP contribution in [0.15, 0.2) is 12.3 Å². The molecule has 0 unspecified atom stereocenters. The number of rotatable bonds is 2. The summed E-state index contributed by atoms with van der Waals surface area (Å²) in [6.07, 6.45) is 1.60. The van der Waals surface area contributed by atoms with Crippen molar-refractivity contribution < 1.29 is 9.31 Å². The van der Waals surface area contributed by atoms with Crippen LogP contribution in [-0.4, -0.2) is 23.3 Å². The first kappa shape index (κ1) is 14.0. The Labute approximate surface area is 113 Å². The largest absolute Gasteiger partial charge is 0.497 e. The maximum Gasteiger partial charge on any atom is 0.497 e. The third kappa shape index (κ3) is 2.37. The topological polar surface area (TPSA) is 81.2 Å². The van der Waals surface area contributed by atoms with Crippen LogP contribution in [0.2, 0.25) is 0 Å². The molecule has 5 nitrogen and oxygen atoms in total. The van der Waals surface area contributed by atoms with E-state index in [0.29, 0.717) is 17.7 Å². The summed E-state index contributed by atoms with van der Waals surface area (Å²) < 4.78 is 11.9. The van der Waals surface area contributed by atoms with Gasteiger partial charge in [-0.15, -0.1) is 0 Å². The van der Waals surface area contributed by atoms with Crippen molar-refractivity contribution in [1.29, 1.82) is 5.26 Å².